The van der Waals surface area contributed by atoms with Crippen LogP contribution in [0.1, 0.15) is 21.5 Å². The van der Waals surface area contributed by atoms with Gasteiger partial charge in [0.25, 0.3) is 5.91 Å². The summed E-state index contributed by atoms with van der Waals surface area (Å²) in [5.74, 6) is 1.11. The Morgan fingerprint density at radius 2 is 2.00 bits per heavy atom. The molecule has 2 aromatic carbocycles. The molecule has 0 aliphatic carbocycles. The third-order valence-corrected chi connectivity index (χ3v) is 4.17. The molecule has 7 nitrogen and oxygen atoms in total. The first-order valence-corrected chi connectivity index (χ1v) is 8.79. The second-order valence-corrected chi connectivity index (χ2v) is 6.29. The van der Waals surface area contributed by atoms with Crippen molar-refractivity contribution >= 4 is 23.7 Å². The number of halogens is 1. The van der Waals surface area contributed by atoms with Gasteiger partial charge in [-0.2, -0.15) is 10.2 Å². The van der Waals surface area contributed by atoms with E-state index < -0.39 is 0 Å². The van der Waals surface area contributed by atoms with E-state index in [1.54, 1.807) is 61.8 Å². The Morgan fingerprint density at radius 3 is 2.64 bits per heavy atom. The SMILES string of the molecule is COc1ccc(C(=O)N/N=C\c2ccc(OC)c(Cn3cc(Cl)cn3)c2)cc1. The number of carbonyl (C=O) groups excluding carboxylic acids is 1. The molecule has 0 aliphatic rings. The maximum atomic E-state index is 12.1. The topological polar surface area (TPSA) is 77.7 Å². The van der Waals surface area contributed by atoms with Gasteiger partial charge >= 0.3 is 0 Å². The zero-order valence-electron chi connectivity index (χ0n) is 15.4. The number of benzene rings is 2. The molecular formula is C20H19ClN4O3. The molecule has 0 bridgehead atoms. The maximum absolute atomic E-state index is 12.1. The summed E-state index contributed by atoms with van der Waals surface area (Å²) >= 11 is 5.91. The fourth-order valence-electron chi connectivity index (χ4n) is 2.57. The highest BCUT2D eigenvalue weighted by Gasteiger charge is 2.07. The highest BCUT2D eigenvalue weighted by Crippen LogP contribution is 2.21. The number of aromatic nitrogens is 2. The molecule has 1 aromatic heterocycles. The first-order chi connectivity index (χ1) is 13.6. The van der Waals surface area contributed by atoms with Crippen LogP contribution in [-0.2, 0) is 6.54 Å². The van der Waals surface area contributed by atoms with Crippen LogP contribution in [-0.4, -0.2) is 36.1 Å². The largest absolute Gasteiger partial charge is 0.497 e. The molecule has 0 aliphatic heterocycles. The molecule has 0 atom stereocenters. The predicted molar refractivity (Wildman–Crippen MR) is 107 cm³/mol. The normalized spacial score (nSPS) is 10.8. The Labute approximate surface area is 167 Å². The van der Waals surface area contributed by atoms with Gasteiger partial charge in [-0.25, -0.2) is 5.43 Å². The Bertz CT molecular complexity index is 983. The number of methoxy groups -OCH3 is 2. The lowest BCUT2D eigenvalue weighted by atomic mass is 10.1. The van der Waals surface area contributed by atoms with E-state index >= 15 is 0 Å². The number of rotatable bonds is 7. The zero-order valence-corrected chi connectivity index (χ0v) is 16.2. The summed E-state index contributed by atoms with van der Waals surface area (Å²) < 4.78 is 12.2. The molecule has 3 rings (SSSR count). The fourth-order valence-corrected chi connectivity index (χ4v) is 2.73. The molecule has 28 heavy (non-hydrogen) atoms. The smallest absolute Gasteiger partial charge is 0.271 e. The number of carbonyl (C=O) groups is 1. The van der Waals surface area contributed by atoms with Crippen LogP contribution >= 0.6 is 11.6 Å². The summed E-state index contributed by atoms with van der Waals surface area (Å²) in [5.41, 5.74) is 4.72. The van der Waals surface area contributed by atoms with Gasteiger partial charge in [0.1, 0.15) is 11.5 Å². The summed E-state index contributed by atoms with van der Waals surface area (Å²) in [6.45, 7) is 0.496. The number of hydrogen-bond donors (Lipinski definition) is 1. The van der Waals surface area contributed by atoms with Crippen molar-refractivity contribution < 1.29 is 14.3 Å². The average molecular weight is 399 g/mol. The van der Waals surface area contributed by atoms with Gasteiger partial charge in [-0.15, -0.1) is 0 Å². The van der Waals surface area contributed by atoms with E-state index in [1.165, 1.54) is 0 Å². The van der Waals surface area contributed by atoms with Crippen molar-refractivity contribution in [3.63, 3.8) is 0 Å². The Morgan fingerprint density at radius 1 is 1.21 bits per heavy atom. The highest BCUT2D eigenvalue weighted by atomic mass is 35.5. The minimum Gasteiger partial charge on any atom is -0.497 e. The molecule has 1 amide bonds. The summed E-state index contributed by atoms with van der Waals surface area (Å²) in [7, 11) is 3.18. The molecule has 1 N–H and O–H groups in total. The van der Waals surface area contributed by atoms with Crippen LogP contribution in [0.25, 0.3) is 0 Å². The number of amides is 1. The van der Waals surface area contributed by atoms with Crippen LogP contribution < -0.4 is 14.9 Å². The number of nitrogens with one attached hydrogen (secondary N) is 1. The molecule has 0 radical (unpaired) electrons. The van der Waals surface area contributed by atoms with Gasteiger partial charge in [0.2, 0.25) is 0 Å². The van der Waals surface area contributed by atoms with Crippen LogP contribution in [0.3, 0.4) is 0 Å². The molecule has 0 unspecified atom stereocenters. The van der Waals surface area contributed by atoms with Gasteiger partial charge in [0, 0.05) is 17.3 Å². The van der Waals surface area contributed by atoms with Crippen molar-refractivity contribution in [3.05, 3.63) is 76.6 Å². The monoisotopic (exact) mass is 398 g/mol. The standard InChI is InChI=1S/C20H19ClN4O3/c1-27-18-6-4-15(5-7-18)20(26)24-22-10-14-3-8-19(28-2)16(9-14)12-25-13-17(21)11-23-25/h3-11,13H,12H2,1-2H3,(H,24,26)/b22-10-. The molecule has 144 valence electrons. The molecule has 1 heterocycles. The summed E-state index contributed by atoms with van der Waals surface area (Å²) in [6.07, 6.45) is 4.88. The first kappa shape index (κ1) is 19.4. The number of ether oxygens (including phenoxy) is 2. The van der Waals surface area contributed by atoms with Crippen molar-refractivity contribution in [3.8, 4) is 11.5 Å². The molecule has 0 saturated carbocycles. The lowest BCUT2D eigenvalue weighted by Gasteiger charge is -2.09. The number of hydrogen-bond acceptors (Lipinski definition) is 5. The lowest BCUT2D eigenvalue weighted by Crippen LogP contribution is -2.17. The van der Waals surface area contributed by atoms with E-state index in [4.69, 9.17) is 21.1 Å². The lowest BCUT2D eigenvalue weighted by molar-refractivity contribution is 0.0955. The van der Waals surface area contributed by atoms with Crippen LogP contribution in [0.15, 0.2) is 60.0 Å². The van der Waals surface area contributed by atoms with Crippen LogP contribution in [0.4, 0.5) is 0 Å². The molecule has 0 spiro atoms. The van der Waals surface area contributed by atoms with E-state index in [0.29, 0.717) is 22.9 Å². The molecular weight excluding hydrogens is 380 g/mol. The van der Waals surface area contributed by atoms with E-state index in [2.05, 4.69) is 15.6 Å². The third-order valence-electron chi connectivity index (χ3n) is 3.97. The zero-order chi connectivity index (χ0) is 19.9. The predicted octanol–water partition coefficient (Wildman–Crippen LogP) is 3.37. The quantitative estimate of drug-likeness (QED) is 0.489. The van der Waals surface area contributed by atoms with Gasteiger partial charge in [-0.1, -0.05) is 11.6 Å². The Hall–Kier alpha value is -3.32. The number of nitrogens with zero attached hydrogens (tertiary/aromatic N) is 3. The maximum Gasteiger partial charge on any atom is 0.271 e. The summed E-state index contributed by atoms with van der Waals surface area (Å²) in [4.78, 5) is 12.1. The highest BCUT2D eigenvalue weighted by molar-refractivity contribution is 6.30. The van der Waals surface area contributed by atoms with E-state index in [-0.39, 0.29) is 5.91 Å². The van der Waals surface area contributed by atoms with Crippen LogP contribution in [0.5, 0.6) is 11.5 Å². The molecule has 8 heteroatoms. The van der Waals surface area contributed by atoms with Crippen molar-refractivity contribution in [2.24, 2.45) is 5.10 Å². The minimum absolute atomic E-state index is 0.307. The van der Waals surface area contributed by atoms with Gasteiger partial charge in [0.15, 0.2) is 0 Å². The van der Waals surface area contributed by atoms with E-state index in [1.807, 2.05) is 18.2 Å². The molecule has 0 fully saturated rings. The van der Waals surface area contributed by atoms with Crippen molar-refractivity contribution in [2.45, 2.75) is 6.54 Å². The van der Waals surface area contributed by atoms with Gasteiger partial charge in [0.05, 0.1) is 38.2 Å². The second kappa shape index (κ2) is 9.05. The summed E-state index contributed by atoms with van der Waals surface area (Å²) in [6, 6.07) is 12.4. The minimum atomic E-state index is -0.307. The van der Waals surface area contributed by atoms with E-state index in [0.717, 1.165) is 16.9 Å². The van der Waals surface area contributed by atoms with E-state index in [9.17, 15) is 4.79 Å². The second-order valence-electron chi connectivity index (χ2n) is 5.86. The van der Waals surface area contributed by atoms with Crippen molar-refractivity contribution in [1.82, 2.24) is 15.2 Å². The van der Waals surface area contributed by atoms with Crippen molar-refractivity contribution in [2.75, 3.05) is 14.2 Å². The fraction of sp³-hybridized carbons (Fsp3) is 0.150. The average Bonchev–Trinajstić information content (AvgIpc) is 3.13. The third kappa shape index (κ3) is 4.89. The van der Waals surface area contributed by atoms with Gasteiger partial charge < -0.3 is 9.47 Å². The van der Waals surface area contributed by atoms with Gasteiger partial charge in [-0.05, 0) is 48.0 Å². The first-order valence-electron chi connectivity index (χ1n) is 8.41. The number of hydrazone groups is 1. The Balaban J connectivity index is 1.68. The van der Waals surface area contributed by atoms with Crippen LogP contribution in [0.2, 0.25) is 5.02 Å². The van der Waals surface area contributed by atoms with Gasteiger partial charge in [-0.3, -0.25) is 9.48 Å². The summed E-state index contributed by atoms with van der Waals surface area (Å²) in [5, 5.41) is 8.77. The Kier molecular flexibility index (Phi) is 6.29. The van der Waals surface area contributed by atoms with Crippen LogP contribution in [0, 0.1) is 0 Å². The molecule has 0 saturated heterocycles. The molecule has 3 aromatic rings. The van der Waals surface area contributed by atoms with Crippen molar-refractivity contribution in [1.29, 1.82) is 0 Å².